The van der Waals surface area contributed by atoms with Crippen LogP contribution >= 0.6 is 11.6 Å². The van der Waals surface area contributed by atoms with E-state index in [0.29, 0.717) is 22.3 Å². The number of hydrogen-bond acceptors (Lipinski definition) is 5. The third-order valence-corrected chi connectivity index (χ3v) is 4.79. The molecule has 7 nitrogen and oxygen atoms in total. The summed E-state index contributed by atoms with van der Waals surface area (Å²) in [6, 6.07) is 21.0. The van der Waals surface area contributed by atoms with Crippen molar-refractivity contribution in [2.75, 3.05) is 6.61 Å². The third-order valence-electron chi connectivity index (χ3n) is 4.54. The molecule has 8 heteroatoms. The average molecular weight is 439 g/mol. The van der Waals surface area contributed by atoms with Gasteiger partial charge in [-0.15, -0.1) is 0 Å². The van der Waals surface area contributed by atoms with Crippen LogP contribution in [-0.4, -0.2) is 24.5 Å². The Balaban J connectivity index is 1.34. The van der Waals surface area contributed by atoms with Crippen molar-refractivity contribution in [1.82, 2.24) is 10.9 Å². The fourth-order valence-corrected chi connectivity index (χ4v) is 3.06. The number of hydrazine groups is 1. The van der Waals surface area contributed by atoms with Gasteiger partial charge in [-0.3, -0.25) is 20.4 Å². The molecule has 0 radical (unpaired) electrons. The first-order chi connectivity index (χ1) is 15.1. The van der Waals surface area contributed by atoms with Gasteiger partial charge in [-0.25, -0.2) is 0 Å². The molecule has 0 bridgehead atoms. The maximum Gasteiger partial charge on any atom is 0.283 e. The van der Waals surface area contributed by atoms with Crippen LogP contribution in [0.1, 0.15) is 15.9 Å². The summed E-state index contributed by atoms with van der Waals surface area (Å²) in [5, 5.41) is 0.634. The van der Waals surface area contributed by atoms with Crippen molar-refractivity contribution in [3.8, 4) is 17.2 Å². The van der Waals surface area contributed by atoms with Gasteiger partial charge in [-0.2, -0.15) is 0 Å². The molecule has 1 unspecified atom stereocenters. The number of ether oxygens (including phenoxy) is 3. The van der Waals surface area contributed by atoms with Gasteiger partial charge >= 0.3 is 0 Å². The predicted molar refractivity (Wildman–Crippen MR) is 114 cm³/mol. The average Bonchev–Trinajstić information content (AvgIpc) is 2.82. The molecular formula is C23H19ClN2O5. The van der Waals surface area contributed by atoms with Gasteiger partial charge < -0.3 is 14.2 Å². The molecule has 2 N–H and O–H groups in total. The fourth-order valence-electron chi connectivity index (χ4n) is 2.94. The largest absolute Gasteiger partial charge is 0.488 e. The number of halogens is 1. The molecule has 1 aliphatic rings. The Bertz CT molecular complexity index is 1090. The predicted octanol–water partition coefficient (Wildman–Crippen LogP) is 3.52. The number of benzene rings is 3. The van der Waals surface area contributed by atoms with E-state index in [4.69, 9.17) is 25.8 Å². The number of para-hydroxylation sites is 3. The Kier molecular flexibility index (Phi) is 6.24. The van der Waals surface area contributed by atoms with Crippen molar-refractivity contribution >= 4 is 23.4 Å². The van der Waals surface area contributed by atoms with Crippen molar-refractivity contribution in [3.63, 3.8) is 0 Å². The minimum atomic E-state index is -0.883. The molecular weight excluding hydrogens is 420 g/mol. The second-order valence-electron chi connectivity index (χ2n) is 6.72. The second kappa shape index (κ2) is 9.40. The minimum absolute atomic E-state index is 0.0412. The number of rotatable bonds is 5. The van der Waals surface area contributed by atoms with Gasteiger partial charge in [0.1, 0.15) is 19.0 Å². The highest BCUT2D eigenvalue weighted by Crippen LogP contribution is 2.30. The quantitative estimate of drug-likeness (QED) is 0.595. The topological polar surface area (TPSA) is 85.9 Å². The van der Waals surface area contributed by atoms with Crippen LogP contribution in [-0.2, 0) is 11.4 Å². The van der Waals surface area contributed by atoms with Crippen molar-refractivity contribution in [3.05, 3.63) is 88.9 Å². The summed E-state index contributed by atoms with van der Waals surface area (Å²) >= 11 is 5.89. The Hall–Kier alpha value is -3.71. The van der Waals surface area contributed by atoms with E-state index >= 15 is 0 Å². The van der Waals surface area contributed by atoms with Gasteiger partial charge in [0.05, 0.1) is 5.56 Å². The molecule has 0 aliphatic carbocycles. The number of carbonyl (C=O) groups is 2. The molecule has 0 saturated heterocycles. The summed E-state index contributed by atoms with van der Waals surface area (Å²) in [7, 11) is 0. The van der Waals surface area contributed by atoms with Gasteiger partial charge in [-0.1, -0.05) is 48.0 Å². The van der Waals surface area contributed by atoms with Crippen molar-refractivity contribution < 1.29 is 23.8 Å². The van der Waals surface area contributed by atoms with Crippen molar-refractivity contribution in [2.45, 2.75) is 12.7 Å². The zero-order valence-corrected chi connectivity index (χ0v) is 17.1. The van der Waals surface area contributed by atoms with Gasteiger partial charge in [-0.05, 0) is 42.0 Å². The lowest BCUT2D eigenvalue weighted by Crippen LogP contribution is -2.50. The normalized spacial score (nSPS) is 14.4. The number of carbonyl (C=O) groups excluding carboxylic acids is 2. The molecule has 2 amide bonds. The standard InChI is InChI=1S/C23H19ClN2O5/c24-16-11-9-15(10-12-16)13-29-18-6-2-1-5-17(18)22(27)25-26-23(28)21-14-30-19-7-3-4-8-20(19)31-21/h1-12,21H,13-14H2,(H,25,27)(H,26,28). The summed E-state index contributed by atoms with van der Waals surface area (Å²) in [6.07, 6.45) is -0.883. The van der Waals surface area contributed by atoms with E-state index in [9.17, 15) is 9.59 Å². The second-order valence-corrected chi connectivity index (χ2v) is 7.16. The van der Waals surface area contributed by atoms with Crippen LogP contribution in [0.2, 0.25) is 5.02 Å². The van der Waals surface area contributed by atoms with Crippen LogP contribution in [0.3, 0.4) is 0 Å². The summed E-state index contributed by atoms with van der Waals surface area (Å²) < 4.78 is 16.9. The summed E-state index contributed by atoms with van der Waals surface area (Å²) in [5.74, 6) is 0.387. The molecule has 0 aromatic heterocycles. The zero-order valence-electron chi connectivity index (χ0n) is 16.3. The van der Waals surface area contributed by atoms with Gasteiger partial charge in [0.25, 0.3) is 11.8 Å². The maximum atomic E-state index is 12.6. The third kappa shape index (κ3) is 5.07. The maximum absolute atomic E-state index is 12.6. The first-order valence-electron chi connectivity index (χ1n) is 9.55. The summed E-state index contributed by atoms with van der Waals surface area (Å²) in [5.41, 5.74) is 5.96. The van der Waals surface area contributed by atoms with Crippen LogP contribution < -0.4 is 25.1 Å². The molecule has 3 aromatic rings. The molecule has 0 saturated carbocycles. The van der Waals surface area contributed by atoms with E-state index in [2.05, 4.69) is 10.9 Å². The highest BCUT2D eigenvalue weighted by molar-refractivity contribution is 6.30. The lowest BCUT2D eigenvalue weighted by Gasteiger charge is -2.25. The van der Waals surface area contributed by atoms with Crippen molar-refractivity contribution in [1.29, 1.82) is 0 Å². The monoisotopic (exact) mass is 438 g/mol. The van der Waals surface area contributed by atoms with Gasteiger partial charge in [0, 0.05) is 5.02 Å². The van der Waals surface area contributed by atoms with E-state index in [1.807, 2.05) is 18.2 Å². The van der Waals surface area contributed by atoms with Crippen LogP contribution in [0, 0.1) is 0 Å². The van der Waals surface area contributed by atoms with Gasteiger partial charge in [0.15, 0.2) is 11.5 Å². The van der Waals surface area contributed by atoms with Gasteiger partial charge in [0.2, 0.25) is 6.10 Å². The SMILES string of the molecule is O=C(NNC(=O)C1COc2ccccc2O1)c1ccccc1OCc1ccc(Cl)cc1. The lowest BCUT2D eigenvalue weighted by atomic mass is 10.2. The molecule has 3 aromatic carbocycles. The van der Waals surface area contributed by atoms with E-state index in [1.54, 1.807) is 54.6 Å². The van der Waals surface area contributed by atoms with Crippen LogP contribution in [0.15, 0.2) is 72.8 Å². The molecule has 1 aliphatic heterocycles. The molecule has 0 fully saturated rings. The first kappa shape index (κ1) is 20.6. The van der Waals surface area contributed by atoms with E-state index < -0.39 is 17.9 Å². The Labute approximate surface area is 183 Å². The Morgan fingerprint density at radius 1 is 0.935 bits per heavy atom. The van der Waals surface area contributed by atoms with E-state index in [1.165, 1.54) is 0 Å². The zero-order chi connectivity index (χ0) is 21.6. The molecule has 158 valence electrons. The number of hydrogen-bond donors (Lipinski definition) is 2. The number of nitrogens with one attached hydrogen (secondary N) is 2. The Morgan fingerprint density at radius 2 is 1.65 bits per heavy atom. The first-order valence-corrected chi connectivity index (χ1v) is 9.93. The molecule has 31 heavy (non-hydrogen) atoms. The minimum Gasteiger partial charge on any atom is -0.488 e. The Morgan fingerprint density at radius 3 is 2.45 bits per heavy atom. The summed E-state index contributed by atoms with van der Waals surface area (Å²) in [4.78, 5) is 25.0. The lowest BCUT2D eigenvalue weighted by molar-refractivity contribution is -0.131. The van der Waals surface area contributed by atoms with Crippen LogP contribution in [0.5, 0.6) is 17.2 Å². The highest BCUT2D eigenvalue weighted by Gasteiger charge is 2.27. The van der Waals surface area contributed by atoms with E-state index in [0.717, 1.165) is 5.56 Å². The smallest absolute Gasteiger partial charge is 0.283 e. The number of fused-ring (bicyclic) bond motifs is 1. The molecule has 1 atom stereocenters. The van der Waals surface area contributed by atoms with Crippen molar-refractivity contribution in [2.24, 2.45) is 0 Å². The molecule has 4 rings (SSSR count). The van der Waals surface area contributed by atoms with Crippen LogP contribution in [0.4, 0.5) is 0 Å². The highest BCUT2D eigenvalue weighted by atomic mass is 35.5. The summed E-state index contributed by atoms with van der Waals surface area (Å²) in [6.45, 7) is 0.306. The van der Waals surface area contributed by atoms with Crippen LogP contribution in [0.25, 0.3) is 0 Å². The molecule has 0 spiro atoms. The fraction of sp³-hybridized carbons (Fsp3) is 0.130. The number of amides is 2. The van der Waals surface area contributed by atoms with E-state index in [-0.39, 0.29) is 18.8 Å². The molecule has 1 heterocycles.